The van der Waals surface area contributed by atoms with Crippen molar-refractivity contribution in [2.45, 2.75) is 63.1 Å². The van der Waals surface area contributed by atoms with Gasteiger partial charge in [0.2, 0.25) is 10.0 Å². The van der Waals surface area contributed by atoms with Crippen LogP contribution in [-0.2, 0) is 14.8 Å². The van der Waals surface area contributed by atoms with E-state index in [2.05, 4.69) is 49.9 Å². The van der Waals surface area contributed by atoms with Gasteiger partial charge in [0, 0.05) is 12.6 Å². The number of ether oxygens (including phenoxy) is 1. The Morgan fingerprint density at radius 3 is 2.45 bits per heavy atom. The van der Waals surface area contributed by atoms with Crippen LogP contribution < -0.4 is 9.62 Å². The molecule has 8 heteroatoms. The molecule has 168 valence electrons. The van der Waals surface area contributed by atoms with E-state index in [1.54, 1.807) is 12.4 Å². The number of sulfonamides is 1. The van der Waals surface area contributed by atoms with Crippen LogP contribution in [0.25, 0.3) is 0 Å². The van der Waals surface area contributed by atoms with Crippen molar-refractivity contribution in [2.75, 3.05) is 24.3 Å². The number of benzene rings is 1. The van der Waals surface area contributed by atoms with E-state index in [-0.39, 0.29) is 18.2 Å². The van der Waals surface area contributed by atoms with Crippen LogP contribution in [-0.4, -0.2) is 56.0 Å². The van der Waals surface area contributed by atoms with Crippen LogP contribution in [0.3, 0.4) is 0 Å². The van der Waals surface area contributed by atoms with E-state index in [0.29, 0.717) is 12.5 Å². The van der Waals surface area contributed by atoms with Crippen molar-refractivity contribution in [3.8, 4) is 0 Å². The van der Waals surface area contributed by atoms with E-state index in [9.17, 15) is 8.42 Å². The molecule has 0 radical (unpaired) electrons. The summed E-state index contributed by atoms with van der Waals surface area (Å²) in [5, 5.41) is 0. The molecule has 1 saturated heterocycles. The molecule has 4 rings (SSSR count). The van der Waals surface area contributed by atoms with Gasteiger partial charge in [0.25, 0.3) is 0 Å². The summed E-state index contributed by atoms with van der Waals surface area (Å²) in [5.74, 6) is 1.37. The zero-order valence-corrected chi connectivity index (χ0v) is 19.1. The van der Waals surface area contributed by atoms with Gasteiger partial charge in [-0.2, -0.15) is 0 Å². The van der Waals surface area contributed by atoms with Crippen molar-refractivity contribution in [3.63, 3.8) is 0 Å². The maximum Gasteiger partial charge on any atom is 0.209 e. The number of nitrogens with zero attached hydrogens (tertiary/aromatic N) is 3. The van der Waals surface area contributed by atoms with Crippen molar-refractivity contribution in [1.82, 2.24) is 14.7 Å². The van der Waals surface area contributed by atoms with E-state index in [1.807, 2.05) is 6.92 Å². The highest BCUT2D eigenvalue weighted by Crippen LogP contribution is 2.34. The third kappa shape index (κ3) is 5.81. The molecule has 1 aliphatic heterocycles. The Morgan fingerprint density at radius 1 is 1.06 bits per heavy atom. The second kappa shape index (κ2) is 9.63. The lowest BCUT2D eigenvalue weighted by molar-refractivity contribution is 0.0156. The largest absolute Gasteiger partial charge is 0.376 e. The van der Waals surface area contributed by atoms with Gasteiger partial charge >= 0.3 is 0 Å². The molecule has 2 aromatic rings. The second-order valence-corrected chi connectivity index (χ2v) is 10.6. The molecule has 0 spiro atoms. The first-order chi connectivity index (χ1) is 14.9. The van der Waals surface area contributed by atoms with Crippen LogP contribution in [0.5, 0.6) is 0 Å². The lowest BCUT2D eigenvalue weighted by atomic mass is 9.83. The molecule has 1 N–H and O–H groups in total. The first kappa shape index (κ1) is 22.2. The van der Waals surface area contributed by atoms with Crippen LogP contribution in [0.4, 0.5) is 5.82 Å². The van der Waals surface area contributed by atoms with E-state index in [4.69, 9.17) is 4.74 Å². The van der Waals surface area contributed by atoms with Crippen molar-refractivity contribution in [3.05, 3.63) is 54.0 Å². The molecule has 2 heterocycles. The predicted octanol–water partition coefficient (Wildman–Crippen LogP) is 3.02. The smallest absolute Gasteiger partial charge is 0.209 e. The van der Waals surface area contributed by atoms with Crippen LogP contribution in [0, 0.1) is 6.92 Å². The molecular weight excluding hydrogens is 412 g/mol. The molecule has 2 atom stereocenters. The van der Waals surface area contributed by atoms with Gasteiger partial charge < -0.3 is 9.64 Å². The summed E-state index contributed by atoms with van der Waals surface area (Å²) in [6.45, 7) is 3.10. The summed E-state index contributed by atoms with van der Waals surface area (Å²) in [6.07, 6.45) is 9.95. The van der Waals surface area contributed by atoms with Gasteiger partial charge in [-0.25, -0.2) is 18.1 Å². The van der Waals surface area contributed by atoms with E-state index in [1.165, 1.54) is 11.8 Å². The fourth-order valence-corrected chi connectivity index (χ4v) is 5.64. The molecule has 0 unspecified atom stereocenters. The van der Waals surface area contributed by atoms with Crippen molar-refractivity contribution >= 4 is 15.8 Å². The van der Waals surface area contributed by atoms with Crippen LogP contribution >= 0.6 is 0 Å². The summed E-state index contributed by atoms with van der Waals surface area (Å²) >= 11 is 0. The van der Waals surface area contributed by atoms with Gasteiger partial charge in [0.15, 0.2) is 0 Å². The Morgan fingerprint density at radius 2 is 1.81 bits per heavy atom. The minimum atomic E-state index is -3.30. The van der Waals surface area contributed by atoms with Crippen molar-refractivity contribution < 1.29 is 13.2 Å². The Balaban J connectivity index is 1.39. The van der Waals surface area contributed by atoms with Crippen molar-refractivity contribution in [1.29, 1.82) is 0 Å². The SMILES string of the molecule is Cc1cnc(N2CC[C@H](NS(C)(=O)=O)[C@@H]2COC2CCC(c3ccccc3)CC2)cn1. The topological polar surface area (TPSA) is 84.4 Å². The summed E-state index contributed by atoms with van der Waals surface area (Å²) < 4.78 is 32.9. The van der Waals surface area contributed by atoms with Crippen LogP contribution in [0.1, 0.15) is 49.3 Å². The zero-order valence-electron chi connectivity index (χ0n) is 18.3. The molecule has 1 saturated carbocycles. The molecule has 7 nitrogen and oxygen atoms in total. The Labute approximate surface area is 185 Å². The first-order valence-corrected chi connectivity index (χ1v) is 13.0. The zero-order chi connectivity index (χ0) is 21.8. The standard InChI is InChI=1S/C23H32N4O3S/c1-17-14-25-23(15-24-17)27-13-12-21(26-31(2,28)29)22(27)16-30-20-10-8-19(9-11-20)18-6-4-3-5-7-18/h3-7,14-15,19-22,26H,8-13,16H2,1-2H3/t19?,20?,21-,22-/m0/s1. The molecule has 2 fully saturated rings. The molecule has 31 heavy (non-hydrogen) atoms. The highest BCUT2D eigenvalue weighted by molar-refractivity contribution is 7.88. The Bertz CT molecular complexity index is 945. The van der Waals surface area contributed by atoms with E-state index >= 15 is 0 Å². The van der Waals surface area contributed by atoms with Gasteiger partial charge in [-0.1, -0.05) is 30.3 Å². The van der Waals surface area contributed by atoms with Crippen LogP contribution in [0.2, 0.25) is 0 Å². The molecule has 1 aliphatic carbocycles. The highest BCUT2D eigenvalue weighted by Gasteiger charge is 2.37. The number of nitrogens with one attached hydrogen (secondary N) is 1. The maximum absolute atomic E-state index is 11.9. The highest BCUT2D eigenvalue weighted by atomic mass is 32.2. The average molecular weight is 445 g/mol. The summed E-state index contributed by atoms with van der Waals surface area (Å²) in [4.78, 5) is 11.0. The minimum Gasteiger partial charge on any atom is -0.376 e. The number of aryl methyl sites for hydroxylation is 1. The van der Waals surface area contributed by atoms with Crippen molar-refractivity contribution in [2.24, 2.45) is 0 Å². The normalized spacial score (nSPS) is 26.8. The summed E-state index contributed by atoms with van der Waals surface area (Å²) in [7, 11) is -3.30. The quantitative estimate of drug-likeness (QED) is 0.707. The molecule has 0 amide bonds. The third-order valence-electron chi connectivity index (χ3n) is 6.42. The monoisotopic (exact) mass is 444 g/mol. The Kier molecular flexibility index (Phi) is 6.89. The maximum atomic E-state index is 11.9. The lowest BCUT2D eigenvalue weighted by Crippen LogP contribution is -2.48. The number of anilines is 1. The van der Waals surface area contributed by atoms with Gasteiger partial charge in [-0.3, -0.25) is 4.98 Å². The van der Waals surface area contributed by atoms with Crippen LogP contribution in [0.15, 0.2) is 42.7 Å². The number of aromatic nitrogens is 2. The van der Waals surface area contributed by atoms with Gasteiger partial charge in [0.05, 0.1) is 43.1 Å². The molecule has 2 aliphatic rings. The first-order valence-electron chi connectivity index (χ1n) is 11.1. The Hall–Kier alpha value is -2.03. The summed E-state index contributed by atoms with van der Waals surface area (Å²) in [5.41, 5.74) is 2.27. The second-order valence-electron chi connectivity index (χ2n) is 8.78. The summed E-state index contributed by atoms with van der Waals surface area (Å²) in [6, 6.07) is 10.4. The predicted molar refractivity (Wildman–Crippen MR) is 122 cm³/mol. The number of hydrogen-bond acceptors (Lipinski definition) is 6. The molecule has 0 bridgehead atoms. The molecule has 1 aromatic heterocycles. The minimum absolute atomic E-state index is 0.0985. The number of hydrogen-bond donors (Lipinski definition) is 1. The fourth-order valence-electron chi connectivity index (χ4n) is 4.81. The fraction of sp³-hybridized carbons (Fsp3) is 0.565. The molecule has 1 aromatic carbocycles. The van der Waals surface area contributed by atoms with E-state index in [0.717, 1.165) is 50.2 Å². The van der Waals surface area contributed by atoms with Gasteiger partial charge in [-0.05, 0) is 50.5 Å². The van der Waals surface area contributed by atoms with E-state index < -0.39 is 10.0 Å². The molecular formula is C23H32N4O3S. The number of rotatable bonds is 7. The lowest BCUT2D eigenvalue weighted by Gasteiger charge is -2.33. The van der Waals surface area contributed by atoms with Gasteiger partial charge in [-0.15, -0.1) is 0 Å². The average Bonchev–Trinajstić information content (AvgIpc) is 3.14. The van der Waals surface area contributed by atoms with Gasteiger partial charge in [0.1, 0.15) is 5.82 Å². The third-order valence-corrected chi connectivity index (χ3v) is 7.15.